The van der Waals surface area contributed by atoms with Crippen LogP contribution < -0.4 is 21.3 Å². The van der Waals surface area contributed by atoms with E-state index < -0.39 is 80.8 Å². The average molecular weight is 1050 g/mol. The molecule has 24 heteroatoms. The second-order valence-corrected chi connectivity index (χ2v) is 16.6. The summed E-state index contributed by atoms with van der Waals surface area (Å²) in [6.07, 6.45) is -9.03. The number of carbonyl (C=O) groups excluding carboxylic acids is 6. The van der Waals surface area contributed by atoms with Gasteiger partial charge in [0.05, 0.1) is 31.2 Å². The molecule has 2 unspecified atom stereocenters. The van der Waals surface area contributed by atoms with Crippen LogP contribution in [0.5, 0.6) is 0 Å². The van der Waals surface area contributed by atoms with E-state index in [-0.39, 0.29) is 68.1 Å². The molecule has 0 saturated carbocycles. The fraction of sp³-hybridized carbons (Fsp3) is 0.217. The number of amides is 4. The van der Waals surface area contributed by atoms with Crippen LogP contribution in [-0.2, 0) is 44.4 Å². The first-order chi connectivity index (χ1) is 32.8. The number of nitrogens with one attached hydrogen (secondary N) is 4. The Morgan fingerprint density at radius 3 is 1.16 bits per heavy atom. The van der Waals surface area contributed by atoms with Crippen molar-refractivity contribution >= 4 is 116 Å². The monoisotopic (exact) mass is 1050 g/mol. The highest BCUT2D eigenvalue weighted by Gasteiger charge is 2.35. The van der Waals surface area contributed by atoms with Gasteiger partial charge in [0.1, 0.15) is 11.4 Å². The lowest BCUT2D eigenvalue weighted by Gasteiger charge is -2.18. The number of aryl methyl sites for hydroxylation is 2. The quantitative estimate of drug-likeness (QED) is 0.0430. The summed E-state index contributed by atoms with van der Waals surface area (Å²) in [5.41, 5.74) is -1.91. The molecule has 4 amide bonds. The van der Waals surface area contributed by atoms with Crippen molar-refractivity contribution in [1.82, 2.24) is 0 Å². The van der Waals surface area contributed by atoms with E-state index in [1.165, 1.54) is 48.5 Å². The second kappa shape index (κ2) is 22.8. The minimum absolute atomic E-state index is 0.0509. The number of anilines is 4. The Morgan fingerprint density at radius 1 is 0.500 bits per heavy atom. The fourth-order valence-electron chi connectivity index (χ4n) is 6.29. The number of azo groups is 2. The van der Waals surface area contributed by atoms with Crippen LogP contribution >= 0.6 is 46.4 Å². The first kappa shape index (κ1) is 54.2. The number of Topliss-reactive ketones (excluding diaryl/α,β-unsaturated/α-hetero) is 2. The minimum Gasteiger partial charge on any atom is -0.323 e. The normalized spacial score (nSPS) is 12.7. The zero-order valence-electron chi connectivity index (χ0n) is 36.7. The number of halogens is 10. The number of nitrogens with zero attached hydrogens (tertiary/aromatic N) is 4. The van der Waals surface area contributed by atoms with Crippen molar-refractivity contribution in [2.24, 2.45) is 20.5 Å². The Hall–Kier alpha value is -6.74. The van der Waals surface area contributed by atoms with Gasteiger partial charge in [-0.25, -0.2) is 0 Å². The molecule has 0 bridgehead atoms. The minimum atomic E-state index is -4.79. The molecule has 0 fully saturated rings. The second-order valence-electron chi connectivity index (χ2n) is 14.9. The van der Waals surface area contributed by atoms with Gasteiger partial charge in [-0.05, 0) is 123 Å². The van der Waals surface area contributed by atoms with Gasteiger partial charge in [-0.15, -0.1) is 0 Å². The highest BCUT2D eigenvalue weighted by atomic mass is 35.5. The van der Waals surface area contributed by atoms with E-state index >= 15 is 0 Å². The number of carbonyl (C=O) groups is 6. The maximum Gasteiger partial charge on any atom is 0.417 e. The summed E-state index contributed by atoms with van der Waals surface area (Å²) in [6, 6.07) is 12.5. The van der Waals surface area contributed by atoms with Crippen LogP contribution in [0.25, 0.3) is 0 Å². The van der Waals surface area contributed by atoms with Crippen molar-refractivity contribution in [1.29, 1.82) is 0 Å². The maximum atomic E-state index is 13.6. The van der Waals surface area contributed by atoms with Crippen LogP contribution in [0.3, 0.4) is 0 Å². The molecule has 0 saturated heterocycles. The van der Waals surface area contributed by atoms with E-state index in [4.69, 9.17) is 46.4 Å². The molecule has 0 aliphatic heterocycles. The van der Waals surface area contributed by atoms with E-state index in [1.807, 2.05) is 0 Å². The van der Waals surface area contributed by atoms with E-state index in [0.717, 1.165) is 38.1 Å². The van der Waals surface area contributed by atoms with Gasteiger partial charge >= 0.3 is 12.4 Å². The third-order valence-electron chi connectivity index (χ3n) is 9.91. The largest absolute Gasteiger partial charge is 0.417 e. The highest BCUT2D eigenvalue weighted by molar-refractivity contribution is 6.34. The molecule has 5 aromatic rings. The van der Waals surface area contributed by atoms with Crippen molar-refractivity contribution in [3.63, 3.8) is 0 Å². The van der Waals surface area contributed by atoms with E-state index in [9.17, 15) is 55.1 Å². The number of alkyl halides is 6. The molecule has 0 heterocycles. The number of benzene rings is 5. The summed E-state index contributed by atoms with van der Waals surface area (Å²) in [7, 11) is 0. The average Bonchev–Trinajstić information content (AvgIpc) is 3.28. The lowest BCUT2D eigenvalue weighted by molar-refractivity contribution is -0.138. The van der Waals surface area contributed by atoms with Crippen LogP contribution in [0.1, 0.15) is 70.7 Å². The Kier molecular flexibility index (Phi) is 17.6. The van der Waals surface area contributed by atoms with Gasteiger partial charge in [0.15, 0.2) is 11.6 Å². The van der Waals surface area contributed by atoms with Gasteiger partial charge in [-0.1, -0.05) is 60.3 Å². The van der Waals surface area contributed by atoms with Crippen molar-refractivity contribution in [2.45, 2.75) is 65.0 Å². The van der Waals surface area contributed by atoms with Crippen LogP contribution in [-0.4, -0.2) is 47.3 Å². The Bertz CT molecular complexity index is 2770. The molecule has 5 rings (SSSR count). The molecule has 14 nitrogen and oxygen atoms in total. The number of hydrogen-bond acceptors (Lipinski definition) is 10. The Morgan fingerprint density at radius 2 is 0.843 bits per heavy atom. The molecule has 4 N–H and O–H groups in total. The van der Waals surface area contributed by atoms with Crippen molar-refractivity contribution in [2.75, 3.05) is 21.3 Å². The first-order valence-electron chi connectivity index (χ1n) is 20.4. The summed E-state index contributed by atoms with van der Waals surface area (Å²) >= 11 is 23.9. The summed E-state index contributed by atoms with van der Waals surface area (Å²) in [5.74, 6) is -5.03. The molecule has 0 radical (unpaired) electrons. The molecule has 5 aromatic carbocycles. The van der Waals surface area contributed by atoms with Crippen molar-refractivity contribution in [3.8, 4) is 0 Å². The van der Waals surface area contributed by atoms with Crippen LogP contribution in [0.4, 0.5) is 60.5 Å². The van der Waals surface area contributed by atoms with Crippen LogP contribution in [0.15, 0.2) is 105 Å². The summed E-state index contributed by atoms with van der Waals surface area (Å²) < 4.78 is 80.2. The smallest absolute Gasteiger partial charge is 0.323 e. The molecule has 70 heavy (non-hydrogen) atoms. The third-order valence-corrected chi connectivity index (χ3v) is 11.2. The molecule has 0 aliphatic carbocycles. The topological polar surface area (TPSA) is 200 Å². The highest BCUT2D eigenvalue weighted by Crippen LogP contribution is 2.38. The number of rotatable bonds is 16. The summed E-state index contributed by atoms with van der Waals surface area (Å²) in [6.45, 7) is 5.63. The Labute approximate surface area is 414 Å². The third kappa shape index (κ3) is 13.7. The molecule has 2 atom stereocenters. The molecular formula is C46H36Cl4F6N8O6. The van der Waals surface area contributed by atoms with Crippen molar-refractivity contribution < 1.29 is 55.1 Å². The number of ketones is 2. The van der Waals surface area contributed by atoms with E-state index in [2.05, 4.69) is 41.7 Å². The molecule has 366 valence electrons. The van der Waals surface area contributed by atoms with E-state index in [0.29, 0.717) is 23.3 Å². The molecule has 0 aromatic heterocycles. The van der Waals surface area contributed by atoms with Crippen LogP contribution in [0, 0.1) is 0 Å². The van der Waals surface area contributed by atoms with Crippen LogP contribution in [0.2, 0.25) is 20.1 Å². The van der Waals surface area contributed by atoms with Gasteiger partial charge in [0.2, 0.25) is 12.1 Å². The standard InChI is InChI=1S/C46H36Cl4F6N8O6/c1-5-23-15-36(60-44(70)40(22(4)66)64-62-38-18-26(8-12-34(38)50)42(68)58-28-10-14-32(48)30(20-28)46(54,55)56)24(6-2)16-35(23)59-43(69)39(21(3)65)63-61-37-17-25(7-11-33(37)49)41(67)57-27-9-13-31(47)29(19-27)45(51,52)53/h7-20,39-40H,5-6H2,1-4H3,(H,57,67)(H,58,68)(H,59,69)(H,60,70). The van der Waals surface area contributed by atoms with E-state index in [1.54, 1.807) is 13.8 Å². The van der Waals surface area contributed by atoms with Gasteiger partial charge in [0, 0.05) is 33.9 Å². The lowest BCUT2D eigenvalue weighted by atomic mass is 10.0. The molecule has 0 aliphatic rings. The molecular weight excluding hydrogens is 1020 g/mol. The lowest BCUT2D eigenvalue weighted by Crippen LogP contribution is -2.33. The predicted molar refractivity (Wildman–Crippen MR) is 252 cm³/mol. The fourth-order valence-corrected chi connectivity index (χ4v) is 7.05. The zero-order chi connectivity index (χ0) is 51.8. The van der Waals surface area contributed by atoms with Gasteiger partial charge < -0.3 is 21.3 Å². The SMILES string of the molecule is CCc1cc(NC(=O)C(N=Nc2cc(C(=O)Nc3ccc(Cl)c(C(F)(F)F)c3)ccc2Cl)C(C)=O)c(CC)cc1NC(=O)C(N=Nc1cc(C(=O)Nc2ccc(Cl)c(C(F)(F)F)c2)ccc1Cl)C(C)=O. The predicted octanol–water partition coefficient (Wildman–Crippen LogP) is 13.3. The van der Waals surface area contributed by atoms with Gasteiger partial charge in [-0.2, -0.15) is 46.8 Å². The van der Waals surface area contributed by atoms with Gasteiger partial charge in [-0.3, -0.25) is 28.8 Å². The zero-order valence-corrected chi connectivity index (χ0v) is 39.7. The summed E-state index contributed by atoms with van der Waals surface area (Å²) in [4.78, 5) is 78.6. The van der Waals surface area contributed by atoms with Gasteiger partial charge in [0.25, 0.3) is 23.6 Å². The maximum absolute atomic E-state index is 13.6. The van der Waals surface area contributed by atoms with Crippen molar-refractivity contribution in [3.05, 3.63) is 138 Å². The molecule has 0 spiro atoms. The first-order valence-corrected chi connectivity index (χ1v) is 21.9. The number of hydrogen-bond donors (Lipinski definition) is 4. The Balaban J connectivity index is 1.31. The summed E-state index contributed by atoms with van der Waals surface area (Å²) in [5, 5.41) is 24.4.